The van der Waals surface area contributed by atoms with Crippen molar-refractivity contribution in [1.82, 2.24) is 4.90 Å². The predicted molar refractivity (Wildman–Crippen MR) is 127 cm³/mol. The van der Waals surface area contributed by atoms with Gasteiger partial charge in [0.1, 0.15) is 0 Å². The van der Waals surface area contributed by atoms with Crippen molar-refractivity contribution in [3.05, 3.63) is 87.1 Å². The second-order valence-corrected chi connectivity index (χ2v) is 9.64. The third-order valence-electron chi connectivity index (χ3n) is 5.89. The molecular formula is C26H28N2O2S. The van der Waals surface area contributed by atoms with Crippen molar-refractivity contribution in [3.63, 3.8) is 0 Å². The number of hydrogen-bond donors (Lipinski definition) is 1. The van der Waals surface area contributed by atoms with Crippen LogP contribution in [0, 0.1) is 19.8 Å². The molecule has 0 saturated carbocycles. The summed E-state index contributed by atoms with van der Waals surface area (Å²) in [5.74, 6) is -0.277. The van der Waals surface area contributed by atoms with E-state index in [1.807, 2.05) is 71.8 Å². The summed E-state index contributed by atoms with van der Waals surface area (Å²) in [5, 5.41) is 5.14. The van der Waals surface area contributed by atoms with Gasteiger partial charge in [-0.1, -0.05) is 44.2 Å². The van der Waals surface area contributed by atoms with Crippen LogP contribution in [0.2, 0.25) is 0 Å². The zero-order valence-corrected chi connectivity index (χ0v) is 19.2. The zero-order chi connectivity index (χ0) is 22.1. The molecule has 0 fully saturated rings. The summed E-state index contributed by atoms with van der Waals surface area (Å²) in [6, 6.07) is 17.2. The van der Waals surface area contributed by atoms with Gasteiger partial charge in [-0.3, -0.25) is 9.59 Å². The average Bonchev–Trinajstić information content (AvgIpc) is 3.26. The molecule has 0 aliphatic carbocycles. The zero-order valence-electron chi connectivity index (χ0n) is 18.4. The molecule has 3 aromatic rings. The number of fused-ring (bicyclic) bond motifs is 1. The summed E-state index contributed by atoms with van der Waals surface area (Å²) in [6.07, 6.45) is 0. The van der Waals surface area contributed by atoms with Gasteiger partial charge in [-0.25, -0.2) is 0 Å². The number of carbonyl (C=O) groups is 2. The van der Waals surface area contributed by atoms with Crippen LogP contribution in [-0.4, -0.2) is 23.3 Å². The second kappa shape index (κ2) is 8.67. The minimum absolute atomic E-state index is 0.00192. The number of thiophene rings is 1. The van der Waals surface area contributed by atoms with Crippen molar-refractivity contribution < 1.29 is 9.59 Å². The highest BCUT2D eigenvalue weighted by Gasteiger charge is 2.44. The normalized spacial score (nSPS) is 18.2. The molecule has 1 aromatic heterocycles. The van der Waals surface area contributed by atoms with E-state index in [-0.39, 0.29) is 17.9 Å². The van der Waals surface area contributed by atoms with Crippen LogP contribution >= 0.6 is 11.3 Å². The molecule has 4 rings (SSSR count). The number of amides is 2. The Kier molecular flexibility index (Phi) is 5.96. The molecule has 5 heteroatoms. The minimum atomic E-state index is -0.479. The van der Waals surface area contributed by atoms with E-state index < -0.39 is 5.92 Å². The van der Waals surface area contributed by atoms with Crippen LogP contribution in [0.1, 0.15) is 57.7 Å². The van der Waals surface area contributed by atoms with Crippen LogP contribution in [0.5, 0.6) is 0 Å². The van der Waals surface area contributed by atoms with Gasteiger partial charge in [0.05, 0.1) is 12.0 Å². The predicted octanol–water partition coefficient (Wildman–Crippen LogP) is 5.94. The number of nitrogens with zero attached hydrogens (tertiary/aromatic N) is 1. The molecular weight excluding hydrogens is 404 g/mol. The SMILES string of the molecule is Cc1ccc(NC(=O)[C@H]2c3ccccc3C(=O)N(CC(C)C)[C@@H]2c2cccs2)cc1C. The van der Waals surface area contributed by atoms with Crippen molar-refractivity contribution in [2.45, 2.75) is 39.7 Å². The fourth-order valence-electron chi connectivity index (χ4n) is 4.29. The highest BCUT2D eigenvalue weighted by Crippen LogP contribution is 2.45. The summed E-state index contributed by atoms with van der Waals surface area (Å²) in [7, 11) is 0. The van der Waals surface area contributed by atoms with E-state index >= 15 is 0 Å². The van der Waals surface area contributed by atoms with E-state index in [2.05, 4.69) is 26.1 Å². The number of carbonyl (C=O) groups excluding carboxylic acids is 2. The Balaban J connectivity index is 1.81. The van der Waals surface area contributed by atoms with E-state index in [0.29, 0.717) is 18.0 Å². The second-order valence-electron chi connectivity index (χ2n) is 8.66. The molecule has 2 atom stereocenters. The lowest BCUT2D eigenvalue weighted by molar-refractivity contribution is -0.119. The Hall–Kier alpha value is -2.92. The van der Waals surface area contributed by atoms with Crippen molar-refractivity contribution in [2.24, 2.45) is 5.92 Å². The summed E-state index contributed by atoms with van der Waals surface area (Å²) in [4.78, 5) is 30.1. The van der Waals surface area contributed by atoms with E-state index in [1.165, 1.54) is 5.56 Å². The Morgan fingerprint density at radius 3 is 2.52 bits per heavy atom. The maximum absolute atomic E-state index is 13.7. The van der Waals surface area contributed by atoms with E-state index in [0.717, 1.165) is 21.7 Å². The molecule has 31 heavy (non-hydrogen) atoms. The maximum atomic E-state index is 13.7. The van der Waals surface area contributed by atoms with Gasteiger partial charge in [0, 0.05) is 22.7 Å². The smallest absolute Gasteiger partial charge is 0.254 e. The number of rotatable bonds is 5. The fourth-order valence-corrected chi connectivity index (χ4v) is 5.16. The van der Waals surface area contributed by atoms with Gasteiger partial charge >= 0.3 is 0 Å². The quantitative estimate of drug-likeness (QED) is 0.542. The standard InChI is InChI=1S/C26H28N2O2S/c1-16(2)15-28-24(22-10-7-13-31-22)23(20-8-5-6-9-21(20)26(28)30)25(29)27-19-12-11-17(3)18(4)14-19/h5-14,16,23-24H,15H2,1-4H3,(H,27,29)/t23-,24+/m0/s1. The number of nitrogens with one attached hydrogen (secondary N) is 1. The van der Waals surface area contributed by atoms with Crippen LogP contribution in [0.25, 0.3) is 0 Å². The van der Waals surface area contributed by atoms with Crippen LogP contribution in [0.15, 0.2) is 60.0 Å². The molecule has 1 aliphatic rings. The molecule has 4 nitrogen and oxygen atoms in total. The lowest BCUT2D eigenvalue weighted by Gasteiger charge is -2.42. The van der Waals surface area contributed by atoms with E-state index in [1.54, 1.807) is 11.3 Å². The first-order valence-electron chi connectivity index (χ1n) is 10.7. The molecule has 0 radical (unpaired) electrons. The molecule has 1 aliphatic heterocycles. The van der Waals surface area contributed by atoms with Crippen LogP contribution in [0.3, 0.4) is 0 Å². The number of anilines is 1. The lowest BCUT2D eigenvalue weighted by atomic mass is 9.81. The summed E-state index contributed by atoms with van der Waals surface area (Å²) >= 11 is 1.59. The van der Waals surface area contributed by atoms with E-state index in [4.69, 9.17) is 0 Å². The summed E-state index contributed by atoms with van der Waals surface area (Å²) in [5.41, 5.74) is 4.52. The first-order valence-corrected chi connectivity index (χ1v) is 11.6. The van der Waals surface area contributed by atoms with Crippen molar-refractivity contribution in [2.75, 3.05) is 11.9 Å². The molecule has 0 unspecified atom stereocenters. The fraction of sp³-hybridized carbons (Fsp3) is 0.308. The van der Waals surface area contributed by atoms with Crippen LogP contribution in [0.4, 0.5) is 5.69 Å². The van der Waals surface area contributed by atoms with Crippen molar-refractivity contribution in [1.29, 1.82) is 0 Å². The van der Waals surface area contributed by atoms with Gasteiger partial charge in [0.25, 0.3) is 5.91 Å². The Bertz CT molecular complexity index is 1100. The average molecular weight is 433 g/mol. The highest BCUT2D eigenvalue weighted by molar-refractivity contribution is 7.10. The Morgan fingerprint density at radius 2 is 1.84 bits per heavy atom. The van der Waals surface area contributed by atoms with Crippen molar-refractivity contribution >= 4 is 28.8 Å². The molecule has 0 spiro atoms. The first kappa shape index (κ1) is 21.3. The number of aryl methyl sites for hydroxylation is 2. The summed E-state index contributed by atoms with van der Waals surface area (Å²) < 4.78 is 0. The molecule has 1 N–H and O–H groups in total. The monoisotopic (exact) mass is 432 g/mol. The summed E-state index contributed by atoms with van der Waals surface area (Å²) in [6.45, 7) is 8.90. The Labute approximate surface area is 187 Å². The van der Waals surface area contributed by atoms with E-state index in [9.17, 15) is 9.59 Å². The van der Waals surface area contributed by atoms with Gasteiger partial charge in [-0.05, 0) is 66.1 Å². The largest absolute Gasteiger partial charge is 0.329 e. The van der Waals surface area contributed by atoms with Gasteiger partial charge in [0.15, 0.2) is 0 Å². The first-order chi connectivity index (χ1) is 14.9. The van der Waals surface area contributed by atoms with Gasteiger partial charge in [-0.2, -0.15) is 0 Å². The molecule has 2 amide bonds. The molecule has 2 heterocycles. The molecule has 0 saturated heterocycles. The minimum Gasteiger partial charge on any atom is -0.329 e. The van der Waals surface area contributed by atoms with Crippen LogP contribution < -0.4 is 5.32 Å². The maximum Gasteiger partial charge on any atom is 0.254 e. The lowest BCUT2D eigenvalue weighted by Crippen LogP contribution is -2.47. The number of hydrogen-bond acceptors (Lipinski definition) is 3. The third kappa shape index (κ3) is 4.15. The van der Waals surface area contributed by atoms with Gasteiger partial charge in [-0.15, -0.1) is 11.3 Å². The molecule has 160 valence electrons. The van der Waals surface area contributed by atoms with Crippen molar-refractivity contribution in [3.8, 4) is 0 Å². The van der Waals surface area contributed by atoms with Gasteiger partial charge in [0.2, 0.25) is 5.91 Å². The molecule has 0 bridgehead atoms. The van der Waals surface area contributed by atoms with Gasteiger partial charge < -0.3 is 10.2 Å². The van der Waals surface area contributed by atoms with Crippen LogP contribution in [-0.2, 0) is 4.79 Å². The topological polar surface area (TPSA) is 49.4 Å². The number of benzene rings is 2. The third-order valence-corrected chi connectivity index (χ3v) is 6.84. The highest BCUT2D eigenvalue weighted by atomic mass is 32.1. The Morgan fingerprint density at radius 1 is 1.06 bits per heavy atom. The molecule has 2 aromatic carbocycles.